The van der Waals surface area contributed by atoms with E-state index in [2.05, 4.69) is 5.32 Å². The van der Waals surface area contributed by atoms with E-state index in [-0.39, 0.29) is 36.1 Å². The fourth-order valence-electron chi connectivity index (χ4n) is 3.02. The maximum absolute atomic E-state index is 12.8. The van der Waals surface area contributed by atoms with Gasteiger partial charge in [-0.25, -0.2) is 8.42 Å². The second kappa shape index (κ2) is 9.27. The van der Waals surface area contributed by atoms with Gasteiger partial charge in [-0.3, -0.25) is 19.8 Å². The van der Waals surface area contributed by atoms with E-state index in [0.717, 1.165) is 6.07 Å². The van der Waals surface area contributed by atoms with Gasteiger partial charge in [0.05, 0.1) is 27.1 Å². The van der Waals surface area contributed by atoms with Crippen LogP contribution in [-0.4, -0.2) is 61.2 Å². The molecule has 0 bridgehead atoms. The van der Waals surface area contributed by atoms with Gasteiger partial charge < -0.3 is 5.32 Å². The number of hydrogen-bond acceptors (Lipinski definition) is 6. The van der Waals surface area contributed by atoms with Crippen LogP contribution in [-0.2, 0) is 14.8 Å². The molecule has 1 heterocycles. The van der Waals surface area contributed by atoms with Gasteiger partial charge in [0.25, 0.3) is 5.69 Å². The Hall–Kier alpha value is -2.24. The third kappa shape index (κ3) is 5.27. The van der Waals surface area contributed by atoms with Crippen molar-refractivity contribution in [1.29, 1.82) is 0 Å². The molecule has 0 unspecified atom stereocenters. The number of hydrogen-bond donors (Lipinski definition) is 1. The molecule has 0 aliphatic carbocycles. The molecule has 30 heavy (non-hydrogen) atoms. The largest absolute Gasteiger partial charge is 0.324 e. The Labute approximate surface area is 183 Å². The maximum atomic E-state index is 12.8. The molecule has 0 radical (unpaired) electrons. The summed E-state index contributed by atoms with van der Waals surface area (Å²) >= 11 is 11.9. The van der Waals surface area contributed by atoms with E-state index < -0.39 is 14.9 Å². The number of rotatable bonds is 6. The average molecular weight is 473 g/mol. The van der Waals surface area contributed by atoms with E-state index in [1.165, 1.54) is 22.5 Å². The van der Waals surface area contributed by atoms with Crippen molar-refractivity contribution in [2.24, 2.45) is 0 Å². The number of carbonyl (C=O) groups excluding carboxylic acids is 1. The standard InChI is InChI=1S/C18H18Cl2N4O5S/c19-13-4-5-16(20)17(10-13)21-18(25)12-22-6-8-23(9-7-22)30(28,29)15-3-1-2-14(11-15)24(26)27/h1-5,10-11H,6-9,12H2,(H,21,25). The minimum absolute atomic E-state index is 0.0630. The number of carbonyl (C=O) groups is 1. The van der Waals surface area contributed by atoms with Gasteiger partial charge in [-0.05, 0) is 24.3 Å². The number of nitrogens with zero attached hydrogens (tertiary/aromatic N) is 3. The van der Waals surface area contributed by atoms with E-state index in [1.54, 1.807) is 18.2 Å². The Morgan fingerprint density at radius 1 is 1.10 bits per heavy atom. The molecule has 0 saturated carbocycles. The first kappa shape index (κ1) is 22.4. The lowest BCUT2D eigenvalue weighted by molar-refractivity contribution is -0.385. The highest BCUT2D eigenvalue weighted by atomic mass is 35.5. The Kier molecular flexibility index (Phi) is 6.94. The van der Waals surface area contributed by atoms with Crippen molar-refractivity contribution in [3.8, 4) is 0 Å². The molecule has 3 rings (SSSR count). The first-order valence-corrected chi connectivity index (χ1v) is 11.1. The number of benzene rings is 2. The van der Waals surface area contributed by atoms with E-state index in [4.69, 9.17) is 23.2 Å². The molecule has 1 fully saturated rings. The maximum Gasteiger partial charge on any atom is 0.270 e. The van der Waals surface area contributed by atoms with E-state index in [1.807, 2.05) is 4.90 Å². The Morgan fingerprint density at radius 2 is 1.80 bits per heavy atom. The quantitative estimate of drug-likeness (QED) is 0.510. The number of non-ortho nitro benzene ring substituents is 1. The van der Waals surface area contributed by atoms with Gasteiger partial charge in [0.2, 0.25) is 15.9 Å². The topological polar surface area (TPSA) is 113 Å². The van der Waals surface area contributed by atoms with Crippen LogP contribution in [0.5, 0.6) is 0 Å². The molecule has 1 saturated heterocycles. The molecule has 0 atom stereocenters. The van der Waals surface area contributed by atoms with Crippen LogP contribution in [0.25, 0.3) is 0 Å². The smallest absolute Gasteiger partial charge is 0.270 e. The first-order valence-electron chi connectivity index (χ1n) is 8.88. The zero-order valence-electron chi connectivity index (χ0n) is 15.6. The highest BCUT2D eigenvalue weighted by Gasteiger charge is 2.30. The molecule has 1 aliphatic rings. The lowest BCUT2D eigenvalue weighted by Gasteiger charge is -2.33. The Morgan fingerprint density at radius 3 is 2.47 bits per heavy atom. The van der Waals surface area contributed by atoms with Crippen LogP contribution in [0.3, 0.4) is 0 Å². The Balaban J connectivity index is 1.59. The van der Waals surface area contributed by atoms with Crippen LogP contribution in [0.15, 0.2) is 47.4 Å². The predicted octanol–water partition coefficient (Wildman–Crippen LogP) is 2.85. The molecule has 2 aromatic rings. The summed E-state index contributed by atoms with van der Waals surface area (Å²) in [5.74, 6) is -0.297. The summed E-state index contributed by atoms with van der Waals surface area (Å²) in [4.78, 5) is 24.3. The number of piperazine rings is 1. The van der Waals surface area contributed by atoms with E-state index >= 15 is 0 Å². The molecule has 1 N–H and O–H groups in total. The van der Waals surface area contributed by atoms with Gasteiger partial charge >= 0.3 is 0 Å². The average Bonchev–Trinajstić information content (AvgIpc) is 2.71. The lowest BCUT2D eigenvalue weighted by atomic mass is 10.3. The minimum Gasteiger partial charge on any atom is -0.324 e. The highest BCUT2D eigenvalue weighted by molar-refractivity contribution is 7.89. The number of sulfonamides is 1. The highest BCUT2D eigenvalue weighted by Crippen LogP contribution is 2.25. The SMILES string of the molecule is O=C(CN1CCN(S(=O)(=O)c2cccc([N+](=O)[O-])c2)CC1)Nc1cc(Cl)ccc1Cl. The molecule has 160 valence electrons. The molecule has 12 heteroatoms. The summed E-state index contributed by atoms with van der Waals surface area (Å²) in [6, 6.07) is 9.69. The number of nitro groups is 1. The number of nitrogens with one attached hydrogen (secondary N) is 1. The molecular formula is C18H18Cl2N4O5S. The number of anilines is 1. The number of amides is 1. The fraction of sp³-hybridized carbons (Fsp3) is 0.278. The van der Waals surface area contributed by atoms with Crippen LogP contribution in [0.4, 0.5) is 11.4 Å². The fourth-order valence-corrected chi connectivity index (χ4v) is 4.82. The number of nitro benzene ring substituents is 1. The van der Waals surface area contributed by atoms with Crippen LogP contribution >= 0.6 is 23.2 Å². The van der Waals surface area contributed by atoms with Gasteiger partial charge in [-0.2, -0.15) is 4.31 Å². The molecule has 9 nitrogen and oxygen atoms in total. The number of halogens is 2. The van der Waals surface area contributed by atoms with Gasteiger partial charge in [0.15, 0.2) is 0 Å². The summed E-state index contributed by atoms with van der Waals surface area (Å²) in [6.07, 6.45) is 0. The molecule has 0 spiro atoms. The van der Waals surface area contributed by atoms with E-state index in [9.17, 15) is 23.3 Å². The zero-order valence-corrected chi connectivity index (χ0v) is 18.0. The molecule has 1 aliphatic heterocycles. The molecule has 0 aromatic heterocycles. The summed E-state index contributed by atoms with van der Waals surface area (Å²) in [5, 5.41) is 14.4. The van der Waals surface area contributed by atoms with Crippen molar-refractivity contribution in [2.75, 3.05) is 38.0 Å². The minimum atomic E-state index is -3.86. The van der Waals surface area contributed by atoms with Crippen molar-refractivity contribution in [2.45, 2.75) is 4.90 Å². The van der Waals surface area contributed by atoms with Crippen molar-refractivity contribution in [1.82, 2.24) is 9.21 Å². The van der Waals surface area contributed by atoms with Crippen molar-refractivity contribution in [3.63, 3.8) is 0 Å². The summed E-state index contributed by atoms with van der Waals surface area (Å²) in [6.45, 7) is 1.07. The van der Waals surface area contributed by atoms with Gasteiger partial charge in [-0.15, -0.1) is 0 Å². The first-order chi connectivity index (χ1) is 14.2. The van der Waals surface area contributed by atoms with Crippen molar-refractivity contribution in [3.05, 3.63) is 62.6 Å². The van der Waals surface area contributed by atoms with Gasteiger partial charge in [-0.1, -0.05) is 29.3 Å². The summed E-state index contributed by atoms with van der Waals surface area (Å²) in [5.41, 5.74) is 0.118. The molecule has 2 aromatic carbocycles. The van der Waals surface area contributed by atoms with Crippen LogP contribution in [0, 0.1) is 10.1 Å². The monoisotopic (exact) mass is 472 g/mol. The van der Waals surface area contributed by atoms with Crippen molar-refractivity contribution < 1.29 is 18.1 Å². The van der Waals surface area contributed by atoms with Crippen LogP contribution in [0.1, 0.15) is 0 Å². The Bertz CT molecular complexity index is 1070. The second-order valence-corrected chi connectivity index (χ2v) is 9.39. The zero-order chi connectivity index (χ0) is 21.9. The van der Waals surface area contributed by atoms with Crippen molar-refractivity contribution >= 4 is 50.5 Å². The molecule has 1 amide bonds. The lowest BCUT2D eigenvalue weighted by Crippen LogP contribution is -2.50. The van der Waals surface area contributed by atoms with Gasteiger partial charge in [0.1, 0.15) is 0 Å². The van der Waals surface area contributed by atoms with Crippen LogP contribution < -0.4 is 5.32 Å². The third-order valence-electron chi connectivity index (χ3n) is 4.57. The normalized spacial score (nSPS) is 15.7. The van der Waals surface area contributed by atoms with Crippen LogP contribution in [0.2, 0.25) is 10.0 Å². The second-order valence-electron chi connectivity index (χ2n) is 6.61. The van der Waals surface area contributed by atoms with E-state index in [0.29, 0.717) is 28.8 Å². The summed E-state index contributed by atoms with van der Waals surface area (Å²) < 4.78 is 26.8. The predicted molar refractivity (Wildman–Crippen MR) is 113 cm³/mol. The van der Waals surface area contributed by atoms with Gasteiger partial charge in [0, 0.05) is 43.3 Å². The third-order valence-corrected chi connectivity index (χ3v) is 7.03. The summed E-state index contributed by atoms with van der Waals surface area (Å²) in [7, 11) is -3.86. The molecular weight excluding hydrogens is 455 g/mol.